The standard InChI is InChI=1S/C24H31N5O2/c30-23(31)14-24(16-28(17-24)15-22-25-9-4-10-26-22)29-11-7-19(8-12-29)27-21-13-20(21)18-5-2-1-3-6-18/h1-6,9-10,19-21,27H,7-8,11-17H2,(H,30,31)/t20-,21-/m1/s1. The molecular formula is C24H31N5O2. The number of carboxylic acids is 1. The second kappa shape index (κ2) is 8.65. The zero-order chi connectivity index (χ0) is 21.3. The number of carbonyl (C=O) groups is 1. The van der Waals surface area contributed by atoms with E-state index < -0.39 is 5.97 Å². The Hall–Kier alpha value is -2.35. The predicted octanol–water partition coefficient (Wildman–Crippen LogP) is 2.12. The fourth-order valence-electron chi connectivity index (χ4n) is 5.49. The number of carboxylic acid groups (broad SMARTS) is 1. The van der Waals surface area contributed by atoms with Crippen molar-refractivity contribution in [1.82, 2.24) is 25.1 Å². The van der Waals surface area contributed by atoms with Gasteiger partial charge in [-0.1, -0.05) is 30.3 Å². The average molecular weight is 422 g/mol. The molecule has 7 heteroatoms. The van der Waals surface area contributed by atoms with Crippen molar-refractivity contribution in [2.75, 3.05) is 26.2 Å². The van der Waals surface area contributed by atoms with Crippen LogP contribution in [-0.2, 0) is 11.3 Å². The van der Waals surface area contributed by atoms with Crippen molar-refractivity contribution in [2.45, 2.75) is 55.8 Å². The molecule has 3 aliphatic rings. The number of benzene rings is 1. The quantitative estimate of drug-likeness (QED) is 0.676. The third-order valence-corrected chi connectivity index (χ3v) is 7.13. The van der Waals surface area contributed by atoms with Crippen LogP contribution in [-0.4, -0.2) is 74.6 Å². The zero-order valence-corrected chi connectivity index (χ0v) is 17.9. The van der Waals surface area contributed by atoms with Gasteiger partial charge in [-0.15, -0.1) is 0 Å². The molecule has 0 spiro atoms. The van der Waals surface area contributed by atoms with Crippen LogP contribution in [0.1, 0.15) is 43.0 Å². The first-order valence-electron chi connectivity index (χ1n) is 11.4. The fraction of sp³-hybridized carbons (Fsp3) is 0.542. The number of piperidine rings is 1. The fourth-order valence-corrected chi connectivity index (χ4v) is 5.49. The van der Waals surface area contributed by atoms with Gasteiger partial charge in [-0.25, -0.2) is 9.97 Å². The van der Waals surface area contributed by atoms with E-state index in [1.165, 1.54) is 12.0 Å². The molecule has 31 heavy (non-hydrogen) atoms. The molecule has 0 unspecified atom stereocenters. The van der Waals surface area contributed by atoms with Gasteiger partial charge in [0.25, 0.3) is 0 Å². The summed E-state index contributed by atoms with van der Waals surface area (Å²) in [7, 11) is 0. The molecule has 2 aliphatic heterocycles. The van der Waals surface area contributed by atoms with E-state index in [-0.39, 0.29) is 12.0 Å². The largest absolute Gasteiger partial charge is 0.481 e. The summed E-state index contributed by atoms with van der Waals surface area (Å²) in [4.78, 5) is 24.9. The number of nitrogens with zero attached hydrogens (tertiary/aromatic N) is 4. The predicted molar refractivity (Wildman–Crippen MR) is 118 cm³/mol. The van der Waals surface area contributed by atoms with Crippen molar-refractivity contribution in [3.8, 4) is 0 Å². The van der Waals surface area contributed by atoms with Gasteiger partial charge in [-0.3, -0.25) is 14.6 Å². The van der Waals surface area contributed by atoms with E-state index in [0.29, 0.717) is 24.5 Å². The number of aromatic nitrogens is 2. The van der Waals surface area contributed by atoms with Gasteiger partial charge < -0.3 is 10.4 Å². The highest BCUT2D eigenvalue weighted by molar-refractivity contribution is 5.69. The molecule has 7 nitrogen and oxygen atoms in total. The molecule has 1 aliphatic carbocycles. The van der Waals surface area contributed by atoms with Gasteiger partial charge in [-0.05, 0) is 30.9 Å². The van der Waals surface area contributed by atoms with Crippen molar-refractivity contribution in [2.24, 2.45) is 0 Å². The topological polar surface area (TPSA) is 81.6 Å². The Morgan fingerprint density at radius 2 is 1.81 bits per heavy atom. The Balaban J connectivity index is 1.13. The van der Waals surface area contributed by atoms with Crippen molar-refractivity contribution in [3.05, 3.63) is 60.2 Å². The van der Waals surface area contributed by atoms with Gasteiger partial charge in [0, 0.05) is 56.6 Å². The van der Waals surface area contributed by atoms with E-state index in [9.17, 15) is 9.90 Å². The van der Waals surface area contributed by atoms with Crippen LogP contribution >= 0.6 is 0 Å². The minimum absolute atomic E-state index is 0.204. The Morgan fingerprint density at radius 1 is 1.10 bits per heavy atom. The average Bonchev–Trinajstić information content (AvgIpc) is 3.53. The van der Waals surface area contributed by atoms with Gasteiger partial charge in [0.05, 0.1) is 18.5 Å². The number of hydrogen-bond donors (Lipinski definition) is 2. The van der Waals surface area contributed by atoms with Crippen LogP contribution in [0.5, 0.6) is 0 Å². The van der Waals surface area contributed by atoms with Crippen LogP contribution in [0.4, 0.5) is 0 Å². The maximum atomic E-state index is 11.6. The molecule has 2 N–H and O–H groups in total. The van der Waals surface area contributed by atoms with E-state index in [2.05, 4.69) is 55.4 Å². The smallest absolute Gasteiger partial charge is 0.305 e. The van der Waals surface area contributed by atoms with E-state index in [4.69, 9.17) is 0 Å². The zero-order valence-electron chi connectivity index (χ0n) is 17.9. The number of rotatable bonds is 8. The summed E-state index contributed by atoms with van der Waals surface area (Å²) in [6.45, 7) is 4.15. The molecule has 3 fully saturated rings. The summed E-state index contributed by atoms with van der Waals surface area (Å²) in [5.74, 6) is 0.740. The Labute approximate surface area is 183 Å². The van der Waals surface area contributed by atoms with E-state index in [1.807, 2.05) is 6.07 Å². The normalized spacial score (nSPS) is 26.3. The van der Waals surface area contributed by atoms with Crippen LogP contribution in [0.3, 0.4) is 0 Å². The first-order chi connectivity index (χ1) is 15.1. The summed E-state index contributed by atoms with van der Waals surface area (Å²) in [6.07, 6.45) is 7.11. The monoisotopic (exact) mass is 421 g/mol. The highest BCUT2D eigenvalue weighted by atomic mass is 16.4. The van der Waals surface area contributed by atoms with Crippen LogP contribution < -0.4 is 5.32 Å². The highest BCUT2D eigenvalue weighted by Gasteiger charge is 2.50. The molecule has 164 valence electrons. The van der Waals surface area contributed by atoms with Crippen LogP contribution in [0.2, 0.25) is 0 Å². The van der Waals surface area contributed by atoms with Gasteiger partial charge in [-0.2, -0.15) is 0 Å². The van der Waals surface area contributed by atoms with Crippen molar-refractivity contribution in [3.63, 3.8) is 0 Å². The second-order valence-corrected chi connectivity index (χ2v) is 9.39. The summed E-state index contributed by atoms with van der Waals surface area (Å²) in [5, 5.41) is 13.4. The lowest BCUT2D eigenvalue weighted by Crippen LogP contribution is -2.71. The summed E-state index contributed by atoms with van der Waals surface area (Å²) in [6, 6.07) is 13.7. The molecule has 2 saturated heterocycles. The lowest BCUT2D eigenvalue weighted by atomic mass is 9.82. The Kier molecular flexibility index (Phi) is 5.73. The molecule has 2 aromatic rings. The third kappa shape index (κ3) is 4.63. The van der Waals surface area contributed by atoms with E-state index in [1.54, 1.807) is 12.4 Å². The molecule has 1 saturated carbocycles. The summed E-state index contributed by atoms with van der Waals surface area (Å²) in [5.41, 5.74) is 1.19. The van der Waals surface area contributed by atoms with Crippen LogP contribution in [0.15, 0.2) is 48.8 Å². The maximum Gasteiger partial charge on any atom is 0.305 e. The molecule has 3 heterocycles. The van der Waals surface area contributed by atoms with Crippen molar-refractivity contribution < 1.29 is 9.90 Å². The van der Waals surface area contributed by atoms with Crippen LogP contribution in [0.25, 0.3) is 0 Å². The van der Waals surface area contributed by atoms with E-state index >= 15 is 0 Å². The van der Waals surface area contributed by atoms with Gasteiger partial charge >= 0.3 is 5.97 Å². The molecule has 0 bridgehead atoms. The van der Waals surface area contributed by atoms with Gasteiger partial charge in [0.15, 0.2) is 0 Å². The lowest BCUT2D eigenvalue weighted by Gasteiger charge is -2.57. The minimum atomic E-state index is -0.709. The second-order valence-electron chi connectivity index (χ2n) is 9.39. The van der Waals surface area contributed by atoms with Crippen LogP contribution in [0, 0.1) is 0 Å². The number of aliphatic carboxylic acids is 1. The molecule has 0 radical (unpaired) electrons. The minimum Gasteiger partial charge on any atom is -0.481 e. The number of nitrogens with one attached hydrogen (secondary N) is 1. The van der Waals surface area contributed by atoms with Crippen molar-refractivity contribution in [1.29, 1.82) is 0 Å². The van der Waals surface area contributed by atoms with Gasteiger partial charge in [0.2, 0.25) is 0 Å². The summed E-state index contributed by atoms with van der Waals surface area (Å²) < 4.78 is 0. The first-order valence-corrected chi connectivity index (χ1v) is 11.4. The Bertz CT molecular complexity index is 879. The van der Waals surface area contributed by atoms with Gasteiger partial charge in [0.1, 0.15) is 5.82 Å². The maximum absolute atomic E-state index is 11.6. The molecule has 5 rings (SSSR count). The first kappa shape index (κ1) is 20.5. The highest BCUT2D eigenvalue weighted by Crippen LogP contribution is 2.42. The molecule has 1 aromatic carbocycles. The third-order valence-electron chi connectivity index (χ3n) is 7.13. The molecule has 2 atom stereocenters. The molecule has 1 aromatic heterocycles. The molecule has 0 amide bonds. The van der Waals surface area contributed by atoms with Crippen molar-refractivity contribution >= 4 is 5.97 Å². The SMILES string of the molecule is O=C(O)CC1(N2CCC(N[C@@H]3C[C@@H]3c3ccccc3)CC2)CN(Cc2ncccn2)C1. The lowest BCUT2D eigenvalue weighted by molar-refractivity contribution is -0.147. The van der Waals surface area contributed by atoms with E-state index in [0.717, 1.165) is 44.8 Å². The molecular weight excluding hydrogens is 390 g/mol. The number of hydrogen-bond acceptors (Lipinski definition) is 6. The number of likely N-dealkylation sites (tertiary alicyclic amines) is 2. The Morgan fingerprint density at radius 3 is 2.48 bits per heavy atom. The summed E-state index contributed by atoms with van der Waals surface area (Å²) >= 11 is 0.